The molecule has 1 aliphatic heterocycles. The van der Waals surface area contributed by atoms with Gasteiger partial charge in [0.2, 0.25) is 0 Å². The Morgan fingerprint density at radius 1 is 1.26 bits per heavy atom. The molecule has 0 amide bonds. The van der Waals surface area contributed by atoms with Gasteiger partial charge < -0.3 is 14.8 Å². The third-order valence-electron chi connectivity index (χ3n) is 4.14. The molecule has 0 bridgehead atoms. The Balaban J connectivity index is 2.32. The highest BCUT2D eigenvalue weighted by Gasteiger charge is 2.23. The number of fused-ring (bicyclic) bond motifs is 1. The highest BCUT2D eigenvalue weighted by molar-refractivity contribution is 5.49. The van der Waals surface area contributed by atoms with E-state index in [1.807, 2.05) is 0 Å². The number of methoxy groups -OCH3 is 2. The van der Waals surface area contributed by atoms with E-state index in [-0.39, 0.29) is 0 Å². The fourth-order valence-electron chi connectivity index (χ4n) is 2.75. The van der Waals surface area contributed by atoms with E-state index in [2.05, 4.69) is 31.3 Å². The molecule has 1 aliphatic rings. The molecular weight excluding hydrogens is 238 g/mol. The van der Waals surface area contributed by atoms with Gasteiger partial charge in [0.25, 0.3) is 0 Å². The Bertz CT molecular complexity index is 431. The van der Waals surface area contributed by atoms with Crippen molar-refractivity contribution < 1.29 is 9.47 Å². The molecule has 1 aromatic carbocycles. The summed E-state index contributed by atoms with van der Waals surface area (Å²) in [6.45, 7) is 5.61. The van der Waals surface area contributed by atoms with Crippen LogP contribution in [0.25, 0.3) is 0 Å². The summed E-state index contributed by atoms with van der Waals surface area (Å²) < 4.78 is 10.8. The number of hydrogen-bond donors (Lipinski definition) is 1. The molecule has 0 aliphatic carbocycles. The van der Waals surface area contributed by atoms with E-state index in [0.717, 1.165) is 30.4 Å². The molecule has 3 nitrogen and oxygen atoms in total. The van der Waals surface area contributed by atoms with Crippen LogP contribution in [0.1, 0.15) is 43.9 Å². The van der Waals surface area contributed by atoms with Crippen LogP contribution in [0.5, 0.6) is 11.5 Å². The first kappa shape index (κ1) is 14.2. The molecule has 0 fully saturated rings. The van der Waals surface area contributed by atoms with Gasteiger partial charge in [-0.25, -0.2) is 0 Å². The minimum atomic E-state index is 0.443. The van der Waals surface area contributed by atoms with Crippen LogP contribution in [0.4, 0.5) is 0 Å². The molecule has 1 N–H and O–H groups in total. The molecule has 2 unspecified atom stereocenters. The van der Waals surface area contributed by atoms with Crippen LogP contribution in [-0.4, -0.2) is 20.8 Å². The van der Waals surface area contributed by atoms with Gasteiger partial charge in [-0.3, -0.25) is 0 Å². The van der Waals surface area contributed by atoms with E-state index in [1.165, 1.54) is 24.0 Å². The lowest BCUT2D eigenvalue weighted by Gasteiger charge is -2.29. The summed E-state index contributed by atoms with van der Waals surface area (Å²) >= 11 is 0. The van der Waals surface area contributed by atoms with Crippen LogP contribution in [0.15, 0.2) is 12.1 Å². The smallest absolute Gasteiger partial charge is 0.161 e. The van der Waals surface area contributed by atoms with E-state index in [9.17, 15) is 0 Å². The Kier molecular flexibility index (Phi) is 4.70. The SMILES string of the molecule is CCC(C)CC1NCCc2cc(OC)c(OC)cc21. The van der Waals surface area contributed by atoms with E-state index < -0.39 is 0 Å². The van der Waals surface area contributed by atoms with Gasteiger partial charge in [0.05, 0.1) is 14.2 Å². The van der Waals surface area contributed by atoms with Gasteiger partial charge in [-0.15, -0.1) is 0 Å². The standard InChI is InChI=1S/C16H25NO2/c1-5-11(2)8-14-13-10-16(19-4)15(18-3)9-12(13)6-7-17-14/h9-11,14,17H,5-8H2,1-4H3. The Morgan fingerprint density at radius 3 is 2.58 bits per heavy atom. The topological polar surface area (TPSA) is 30.5 Å². The van der Waals surface area contributed by atoms with Crippen molar-refractivity contribution >= 4 is 0 Å². The number of nitrogens with one attached hydrogen (secondary N) is 1. The Labute approximate surface area is 116 Å². The second-order valence-electron chi connectivity index (χ2n) is 5.41. The third-order valence-corrected chi connectivity index (χ3v) is 4.14. The third kappa shape index (κ3) is 3.03. The minimum Gasteiger partial charge on any atom is -0.493 e. The second kappa shape index (κ2) is 6.29. The summed E-state index contributed by atoms with van der Waals surface area (Å²) in [4.78, 5) is 0. The first-order valence-corrected chi connectivity index (χ1v) is 7.17. The highest BCUT2D eigenvalue weighted by Crippen LogP contribution is 2.37. The molecule has 0 aromatic heterocycles. The second-order valence-corrected chi connectivity index (χ2v) is 5.41. The fraction of sp³-hybridized carbons (Fsp3) is 0.625. The molecule has 3 heteroatoms. The van der Waals surface area contributed by atoms with Crippen LogP contribution in [0.2, 0.25) is 0 Å². The van der Waals surface area contributed by atoms with Crippen LogP contribution < -0.4 is 14.8 Å². The summed E-state index contributed by atoms with van der Waals surface area (Å²) in [6, 6.07) is 4.73. The summed E-state index contributed by atoms with van der Waals surface area (Å²) in [5.41, 5.74) is 2.77. The Morgan fingerprint density at radius 2 is 1.95 bits per heavy atom. The van der Waals surface area contributed by atoms with Gasteiger partial charge >= 0.3 is 0 Å². The highest BCUT2D eigenvalue weighted by atomic mass is 16.5. The number of rotatable bonds is 5. The lowest BCUT2D eigenvalue weighted by atomic mass is 9.87. The van der Waals surface area contributed by atoms with E-state index in [1.54, 1.807) is 14.2 Å². The Hall–Kier alpha value is -1.22. The molecular formula is C16H25NO2. The van der Waals surface area contributed by atoms with Crippen molar-refractivity contribution in [3.63, 3.8) is 0 Å². The maximum atomic E-state index is 5.43. The number of ether oxygens (including phenoxy) is 2. The summed E-state index contributed by atoms with van der Waals surface area (Å²) in [5.74, 6) is 2.40. The predicted octanol–water partition coefficient (Wildman–Crippen LogP) is 3.33. The molecule has 0 radical (unpaired) electrons. The molecule has 0 saturated carbocycles. The fourth-order valence-corrected chi connectivity index (χ4v) is 2.75. The zero-order chi connectivity index (χ0) is 13.8. The molecule has 0 spiro atoms. The lowest BCUT2D eigenvalue weighted by molar-refractivity contribution is 0.348. The molecule has 1 aromatic rings. The largest absolute Gasteiger partial charge is 0.493 e. The summed E-state index contributed by atoms with van der Waals surface area (Å²) in [6.07, 6.45) is 3.46. The van der Waals surface area contributed by atoms with E-state index >= 15 is 0 Å². The van der Waals surface area contributed by atoms with Crippen molar-refractivity contribution in [2.75, 3.05) is 20.8 Å². The summed E-state index contributed by atoms with van der Waals surface area (Å²) in [5, 5.41) is 3.63. The van der Waals surface area contributed by atoms with E-state index in [0.29, 0.717) is 6.04 Å². The van der Waals surface area contributed by atoms with Crippen LogP contribution in [0.3, 0.4) is 0 Å². The minimum absolute atomic E-state index is 0.443. The van der Waals surface area contributed by atoms with Crippen molar-refractivity contribution in [2.45, 2.75) is 39.2 Å². The van der Waals surface area contributed by atoms with Gasteiger partial charge in [0.1, 0.15) is 0 Å². The molecule has 2 atom stereocenters. The molecule has 19 heavy (non-hydrogen) atoms. The van der Waals surface area contributed by atoms with Crippen LogP contribution in [-0.2, 0) is 6.42 Å². The zero-order valence-electron chi connectivity index (χ0n) is 12.5. The van der Waals surface area contributed by atoms with Crippen LogP contribution >= 0.6 is 0 Å². The van der Waals surface area contributed by atoms with Gasteiger partial charge in [0, 0.05) is 6.04 Å². The van der Waals surface area contributed by atoms with E-state index in [4.69, 9.17) is 9.47 Å². The van der Waals surface area contributed by atoms with Gasteiger partial charge in [-0.1, -0.05) is 20.3 Å². The van der Waals surface area contributed by atoms with Crippen LogP contribution in [0, 0.1) is 5.92 Å². The predicted molar refractivity (Wildman–Crippen MR) is 78.1 cm³/mol. The summed E-state index contributed by atoms with van der Waals surface area (Å²) in [7, 11) is 3.39. The van der Waals surface area contributed by atoms with Crippen molar-refractivity contribution in [1.82, 2.24) is 5.32 Å². The first-order valence-electron chi connectivity index (χ1n) is 7.17. The normalized spacial score (nSPS) is 19.7. The lowest BCUT2D eigenvalue weighted by Crippen LogP contribution is -2.31. The number of benzene rings is 1. The van der Waals surface area contributed by atoms with Gasteiger partial charge in [0.15, 0.2) is 11.5 Å². The zero-order valence-corrected chi connectivity index (χ0v) is 12.5. The molecule has 106 valence electrons. The van der Waals surface area contributed by atoms with Crippen molar-refractivity contribution in [2.24, 2.45) is 5.92 Å². The average Bonchev–Trinajstić information content (AvgIpc) is 2.45. The molecule has 0 saturated heterocycles. The molecule has 1 heterocycles. The molecule has 2 rings (SSSR count). The maximum absolute atomic E-state index is 5.43. The van der Waals surface area contributed by atoms with Crippen molar-refractivity contribution in [3.8, 4) is 11.5 Å². The average molecular weight is 263 g/mol. The number of hydrogen-bond acceptors (Lipinski definition) is 3. The van der Waals surface area contributed by atoms with Gasteiger partial charge in [-0.2, -0.15) is 0 Å². The van der Waals surface area contributed by atoms with Crippen molar-refractivity contribution in [3.05, 3.63) is 23.3 Å². The van der Waals surface area contributed by atoms with Gasteiger partial charge in [-0.05, 0) is 48.6 Å². The maximum Gasteiger partial charge on any atom is 0.161 e. The van der Waals surface area contributed by atoms with Crippen molar-refractivity contribution in [1.29, 1.82) is 0 Å². The first-order chi connectivity index (χ1) is 9.19. The quantitative estimate of drug-likeness (QED) is 0.884. The monoisotopic (exact) mass is 263 g/mol.